The third kappa shape index (κ3) is 9.06. The highest BCUT2D eigenvalue weighted by atomic mass is 35.8. The van der Waals surface area contributed by atoms with Crippen LogP contribution in [0, 0.1) is 0 Å². The lowest BCUT2D eigenvalue weighted by molar-refractivity contribution is 0.422. The average molecular weight is 844 g/mol. The van der Waals surface area contributed by atoms with E-state index in [-0.39, 0.29) is 15.7 Å². The zero-order valence-corrected chi connectivity index (χ0v) is 40.7. The fraction of sp³-hybridized carbons (Fsp3) is 0.429. The summed E-state index contributed by atoms with van der Waals surface area (Å²) >= 11 is 19.2. The SMILES string of the molecule is CCC(N([Si](c1ccccc1)(c1ccccc1)C(C)(C)C)[Si](c1ccccc1)(c1ccccc1)C(C)(C)C)[Si](C)(C)O[Si](C)(C)CCC[Si](Cl)(Cl)Cl. The van der Waals surface area contributed by atoms with E-state index < -0.39 is 39.1 Å². The van der Waals surface area contributed by atoms with Crippen molar-refractivity contribution in [2.45, 2.75) is 115 Å². The monoisotopic (exact) mass is 841 g/mol. The Balaban J connectivity index is 2.25. The first-order chi connectivity index (χ1) is 24.1. The van der Waals surface area contributed by atoms with E-state index in [9.17, 15) is 0 Å². The maximum Gasteiger partial charge on any atom is 0.341 e. The third-order valence-corrected chi connectivity index (χ3v) is 35.3. The minimum Gasteiger partial charge on any atom is -0.454 e. The Labute approximate surface area is 335 Å². The molecule has 0 aliphatic rings. The summed E-state index contributed by atoms with van der Waals surface area (Å²) in [4.78, 5) is 0. The number of benzene rings is 4. The van der Waals surface area contributed by atoms with Crippen LogP contribution in [-0.2, 0) is 4.12 Å². The molecule has 0 fully saturated rings. The quantitative estimate of drug-likeness (QED) is 0.0873. The second kappa shape index (κ2) is 16.9. The topological polar surface area (TPSA) is 12.5 Å². The molecule has 0 aliphatic carbocycles. The summed E-state index contributed by atoms with van der Waals surface area (Å²) in [5.41, 5.74) is 0.194. The second-order valence-corrected chi connectivity index (χ2v) is 45.2. The summed E-state index contributed by atoms with van der Waals surface area (Å²) in [6.45, 7) is 27.4. The van der Waals surface area contributed by atoms with E-state index in [1.807, 2.05) is 0 Å². The van der Waals surface area contributed by atoms with Crippen molar-refractivity contribution >= 4 is 93.1 Å². The Bertz CT molecular complexity index is 1510. The van der Waals surface area contributed by atoms with Gasteiger partial charge in [-0.1, -0.05) is 176 Å². The maximum absolute atomic E-state index is 7.80. The van der Waals surface area contributed by atoms with Gasteiger partial charge in [-0.05, 0) is 75.5 Å². The molecule has 0 saturated heterocycles. The molecular formula is C42H62Cl3NOSi5. The molecule has 0 heterocycles. The molecule has 0 saturated carbocycles. The van der Waals surface area contributed by atoms with Gasteiger partial charge >= 0.3 is 6.00 Å². The minimum absolute atomic E-state index is 0.122. The molecule has 0 spiro atoms. The normalized spacial score (nSPS) is 14.4. The predicted octanol–water partition coefficient (Wildman–Crippen LogP) is 11.2. The van der Waals surface area contributed by atoms with Crippen LogP contribution in [0.15, 0.2) is 121 Å². The number of halogens is 3. The summed E-state index contributed by atoms with van der Waals surface area (Å²) in [6.07, 6.45) is 1.89. The van der Waals surface area contributed by atoms with Crippen molar-refractivity contribution in [1.29, 1.82) is 0 Å². The highest BCUT2D eigenvalue weighted by Crippen LogP contribution is 2.49. The molecule has 0 N–H and O–H groups in total. The van der Waals surface area contributed by atoms with Gasteiger partial charge in [0.2, 0.25) is 0 Å². The Morgan fingerprint density at radius 3 is 1.10 bits per heavy atom. The van der Waals surface area contributed by atoms with Gasteiger partial charge in [0.25, 0.3) is 0 Å². The Hall–Kier alpha value is -1.25. The fourth-order valence-corrected chi connectivity index (χ4v) is 40.0. The number of rotatable bonds is 15. The van der Waals surface area contributed by atoms with Crippen LogP contribution < -0.4 is 20.7 Å². The molecule has 282 valence electrons. The second-order valence-electron chi connectivity index (χ2n) is 17.6. The molecule has 1 atom stereocenters. The first kappa shape index (κ1) is 43.5. The molecule has 4 aromatic rings. The van der Waals surface area contributed by atoms with Crippen LogP contribution in [-0.4, -0.2) is 49.0 Å². The molecule has 0 aromatic heterocycles. The van der Waals surface area contributed by atoms with Gasteiger partial charge in [-0.2, -0.15) is 0 Å². The molecule has 1 unspecified atom stereocenters. The molecule has 0 bridgehead atoms. The lowest BCUT2D eigenvalue weighted by atomic mass is 10.2. The summed E-state index contributed by atoms with van der Waals surface area (Å²) in [5.74, 6) is 0. The van der Waals surface area contributed by atoms with Gasteiger partial charge in [-0.25, -0.2) is 0 Å². The lowest BCUT2D eigenvalue weighted by Crippen LogP contribution is -2.91. The lowest BCUT2D eigenvalue weighted by Gasteiger charge is -2.66. The standard InChI is InChI=1S/C42H62Cl3NOSi5/c1-12-40(49(10,11)47-48(8,9)34-25-35-50(43,44)45)46(51(41(2,3)4,36-26-17-13-18-27-36)37-28-19-14-20-29-37)52(42(5,6)7,38-30-21-15-22-31-38)39-32-23-16-24-33-39/h13-24,26-33,40H,12,25,34-35H2,1-11H3. The van der Waals surface area contributed by atoms with Crippen LogP contribution in [0.3, 0.4) is 0 Å². The van der Waals surface area contributed by atoms with E-state index >= 15 is 0 Å². The zero-order chi connectivity index (χ0) is 38.6. The van der Waals surface area contributed by atoms with Crippen molar-refractivity contribution < 1.29 is 4.12 Å². The first-order valence-electron chi connectivity index (χ1n) is 18.9. The van der Waals surface area contributed by atoms with Gasteiger partial charge in [0.15, 0.2) is 33.1 Å². The average Bonchev–Trinajstić information content (AvgIpc) is 3.05. The molecule has 52 heavy (non-hydrogen) atoms. The molecule has 4 aromatic carbocycles. The molecular weight excluding hydrogens is 781 g/mol. The maximum atomic E-state index is 7.80. The summed E-state index contributed by atoms with van der Waals surface area (Å²) in [5, 5.41) is 5.57. The fourth-order valence-electron chi connectivity index (χ4n) is 9.31. The largest absolute Gasteiger partial charge is 0.454 e. The smallest absolute Gasteiger partial charge is 0.341 e. The summed E-state index contributed by atoms with van der Waals surface area (Å²) in [6, 6.07) is 45.3. The minimum atomic E-state index is -2.99. The number of hydrogen-bond acceptors (Lipinski definition) is 2. The Morgan fingerprint density at radius 1 is 0.538 bits per heavy atom. The molecule has 0 amide bonds. The highest BCUT2D eigenvalue weighted by molar-refractivity contribution is 7.64. The molecule has 10 heteroatoms. The molecule has 4 rings (SSSR count). The van der Waals surface area contributed by atoms with Gasteiger partial charge in [0.1, 0.15) is 0 Å². The van der Waals surface area contributed by atoms with E-state index in [4.69, 9.17) is 37.4 Å². The van der Waals surface area contributed by atoms with Crippen LogP contribution in [0.2, 0.25) is 48.4 Å². The van der Waals surface area contributed by atoms with E-state index in [0.29, 0.717) is 6.04 Å². The van der Waals surface area contributed by atoms with Gasteiger partial charge in [0.05, 0.1) is 0 Å². The van der Waals surface area contributed by atoms with E-state index in [0.717, 1.165) is 18.9 Å². The Kier molecular flexibility index (Phi) is 14.1. The molecule has 0 radical (unpaired) electrons. The van der Waals surface area contributed by atoms with Crippen LogP contribution in [0.25, 0.3) is 0 Å². The van der Waals surface area contributed by atoms with Crippen LogP contribution in [0.5, 0.6) is 0 Å². The van der Waals surface area contributed by atoms with Crippen molar-refractivity contribution in [3.05, 3.63) is 121 Å². The van der Waals surface area contributed by atoms with Crippen molar-refractivity contribution in [3.8, 4) is 0 Å². The number of nitrogens with zero attached hydrogens (tertiary/aromatic N) is 1. The summed E-state index contributed by atoms with van der Waals surface area (Å²) in [7, 11) is -10.7. The Morgan fingerprint density at radius 2 is 0.846 bits per heavy atom. The summed E-state index contributed by atoms with van der Waals surface area (Å²) < 4.78 is 11.1. The van der Waals surface area contributed by atoms with Crippen molar-refractivity contribution in [2.24, 2.45) is 0 Å². The van der Waals surface area contributed by atoms with Gasteiger partial charge in [-0.3, -0.25) is 0 Å². The van der Waals surface area contributed by atoms with Crippen molar-refractivity contribution in [3.63, 3.8) is 0 Å². The van der Waals surface area contributed by atoms with E-state index in [1.165, 1.54) is 20.7 Å². The first-order valence-corrected chi connectivity index (χ1v) is 34.2. The van der Waals surface area contributed by atoms with Crippen LogP contribution >= 0.6 is 33.2 Å². The number of hydrogen-bond donors (Lipinski definition) is 0. The molecule has 0 aliphatic heterocycles. The van der Waals surface area contributed by atoms with Crippen LogP contribution in [0.4, 0.5) is 0 Å². The van der Waals surface area contributed by atoms with Gasteiger partial charge in [-0.15, -0.1) is 33.2 Å². The predicted molar refractivity (Wildman–Crippen MR) is 245 cm³/mol. The van der Waals surface area contributed by atoms with Crippen molar-refractivity contribution in [1.82, 2.24) is 4.23 Å². The van der Waals surface area contributed by atoms with Gasteiger partial charge in [0, 0.05) is 5.67 Å². The van der Waals surface area contributed by atoms with E-state index in [2.05, 4.69) is 200 Å². The van der Waals surface area contributed by atoms with E-state index in [1.54, 1.807) is 0 Å². The third-order valence-electron chi connectivity index (χ3n) is 10.9. The van der Waals surface area contributed by atoms with Gasteiger partial charge < -0.3 is 8.35 Å². The molecule has 2 nitrogen and oxygen atoms in total. The highest BCUT2D eigenvalue weighted by Gasteiger charge is 2.67. The van der Waals surface area contributed by atoms with Crippen LogP contribution in [0.1, 0.15) is 61.3 Å². The van der Waals surface area contributed by atoms with Crippen molar-refractivity contribution in [2.75, 3.05) is 0 Å². The zero-order valence-electron chi connectivity index (χ0n) is 33.4.